The lowest BCUT2D eigenvalue weighted by Crippen LogP contribution is -2.24. The largest absolute Gasteiger partial charge is 0.497 e. The van der Waals surface area contributed by atoms with Gasteiger partial charge in [0, 0.05) is 27.1 Å². The minimum Gasteiger partial charge on any atom is -0.497 e. The summed E-state index contributed by atoms with van der Waals surface area (Å²) >= 11 is 6.53. The maximum atomic E-state index is 12.5. The molecule has 124 valence electrons. The average molecular weight is 465 g/mol. The van der Waals surface area contributed by atoms with Crippen molar-refractivity contribution in [3.8, 4) is 11.5 Å². The fourth-order valence-electron chi connectivity index (χ4n) is 1.93. The van der Waals surface area contributed by atoms with Crippen molar-refractivity contribution in [2.45, 2.75) is 11.4 Å². The molecule has 0 fully saturated rings. The fourth-order valence-corrected chi connectivity index (χ4v) is 4.44. The van der Waals surface area contributed by atoms with Crippen LogP contribution in [0.4, 0.5) is 0 Å². The number of rotatable bonds is 6. The van der Waals surface area contributed by atoms with Gasteiger partial charge in [-0.05, 0) is 40.2 Å². The van der Waals surface area contributed by atoms with Gasteiger partial charge in [0.05, 0.1) is 19.1 Å². The van der Waals surface area contributed by atoms with Crippen LogP contribution in [0.3, 0.4) is 0 Å². The van der Waals surface area contributed by atoms with Gasteiger partial charge < -0.3 is 9.47 Å². The molecule has 2 rings (SSSR count). The van der Waals surface area contributed by atoms with Crippen molar-refractivity contribution >= 4 is 41.9 Å². The van der Waals surface area contributed by atoms with Crippen molar-refractivity contribution in [1.29, 1.82) is 0 Å². The van der Waals surface area contributed by atoms with Crippen molar-refractivity contribution in [3.05, 3.63) is 50.9 Å². The quantitative estimate of drug-likeness (QED) is 0.707. The van der Waals surface area contributed by atoms with Crippen LogP contribution in [0.2, 0.25) is 0 Å². The molecule has 0 bridgehead atoms. The van der Waals surface area contributed by atoms with Gasteiger partial charge in [-0.1, -0.05) is 22.0 Å². The van der Waals surface area contributed by atoms with Crippen molar-refractivity contribution in [2.24, 2.45) is 0 Å². The van der Waals surface area contributed by atoms with Crippen molar-refractivity contribution in [3.63, 3.8) is 0 Å². The van der Waals surface area contributed by atoms with Crippen LogP contribution in [-0.4, -0.2) is 22.6 Å². The van der Waals surface area contributed by atoms with E-state index in [0.29, 0.717) is 26.0 Å². The molecule has 8 heteroatoms. The van der Waals surface area contributed by atoms with E-state index in [2.05, 4.69) is 36.6 Å². The maximum Gasteiger partial charge on any atom is 0.242 e. The van der Waals surface area contributed by atoms with E-state index in [4.69, 9.17) is 9.47 Å². The molecule has 0 aromatic heterocycles. The predicted octanol–water partition coefficient (Wildman–Crippen LogP) is 3.71. The highest BCUT2D eigenvalue weighted by molar-refractivity contribution is 9.11. The Labute approximate surface area is 152 Å². The second kappa shape index (κ2) is 7.65. The summed E-state index contributed by atoms with van der Waals surface area (Å²) in [4.78, 5) is 0.166. The Hall–Kier alpha value is -1.09. The topological polar surface area (TPSA) is 64.6 Å². The molecule has 0 heterocycles. The van der Waals surface area contributed by atoms with Crippen LogP contribution in [0.15, 0.2) is 50.2 Å². The van der Waals surface area contributed by atoms with Crippen LogP contribution in [0.1, 0.15) is 5.56 Å². The third-order valence-corrected chi connectivity index (χ3v) is 6.02. The molecule has 1 N–H and O–H groups in total. The van der Waals surface area contributed by atoms with Crippen LogP contribution in [0, 0.1) is 0 Å². The fraction of sp³-hybridized carbons (Fsp3) is 0.200. The molecule has 2 aromatic rings. The number of methoxy groups -OCH3 is 2. The lowest BCUT2D eigenvalue weighted by atomic mass is 10.2. The monoisotopic (exact) mass is 463 g/mol. The number of benzene rings is 2. The van der Waals surface area contributed by atoms with Crippen LogP contribution in [-0.2, 0) is 16.6 Å². The summed E-state index contributed by atoms with van der Waals surface area (Å²) in [6.45, 7) is 0.106. The highest BCUT2D eigenvalue weighted by Gasteiger charge is 2.18. The Balaban J connectivity index is 2.24. The first kappa shape index (κ1) is 18.3. The summed E-state index contributed by atoms with van der Waals surface area (Å²) in [6.07, 6.45) is 0. The van der Waals surface area contributed by atoms with Gasteiger partial charge in [0.25, 0.3) is 0 Å². The molecule has 23 heavy (non-hydrogen) atoms. The van der Waals surface area contributed by atoms with E-state index in [0.717, 1.165) is 0 Å². The first-order chi connectivity index (χ1) is 10.9. The van der Waals surface area contributed by atoms with Crippen molar-refractivity contribution < 1.29 is 17.9 Å². The molecular weight excluding hydrogens is 450 g/mol. The minimum absolute atomic E-state index is 0.106. The van der Waals surface area contributed by atoms with Gasteiger partial charge in [0.15, 0.2) is 0 Å². The average Bonchev–Trinajstić information content (AvgIpc) is 2.54. The maximum absolute atomic E-state index is 12.5. The highest BCUT2D eigenvalue weighted by atomic mass is 79.9. The van der Waals surface area contributed by atoms with Crippen LogP contribution >= 0.6 is 31.9 Å². The summed E-state index contributed by atoms with van der Waals surface area (Å²) < 4.78 is 39.1. The molecule has 0 aliphatic carbocycles. The molecule has 0 radical (unpaired) electrons. The van der Waals surface area contributed by atoms with E-state index in [1.54, 1.807) is 37.4 Å². The minimum atomic E-state index is -3.67. The Morgan fingerprint density at radius 3 is 2.43 bits per heavy atom. The third-order valence-electron chi connectivity index (χ3n) is 3.13. The molecule has 0 spiro atoms. The first-order valence-corrected chi connectivity index (χ1v) is 9.60. The number of halogens is 2. The summed E-state index contributed by atoms with van der Waals surface area (Å²) in [5.41, 5.74) is 0.711. The van der Waals surface area contributed by atoms with E-state index in [9.17, 15) is 8.42 Å². The Kier molecular flexibility index (Phi) is 6.07. The molecular formula is C15H15Br2NO4S. The van der Waals surface area contributed by atoms with E-state index < -0.39 is 10.0 Å². The van der Waals surface area contributed by atoms with E-state index in [1.165, 1.54) is 13.2 Å². The summed E-state index contributed by atoms with van der Waals surface area (Å²) in [5, 5.41) is 0. The van der Waals surface area contributed by atoms with Gasteiger partial charge in [-0.15, -0.1) is 0 Å². The van der Waals surface area contributed by atoms with Crippen LogP contribution in [0.25, 0.3) is 0 Å². The molecule has 0 atom stereocenters. The number of hydrogen-bond acceptors (Lipinski definition) is 4. The van der Waals surface area contributed by atoms with Crippen LogP contribution < -0.4 is 14.2 Å². The van der Waals surface area contributed by atoms with Gasteiger partial charge in [-0.3, -0.25) is 0 Å². The van der Waals surface area contributed by atoms with E-state index >= 15 is 0 Å². The first-order valence-electron chi connectivity index (χ1n) is 6.53. The standard InChI is InChI=1S/C15H15Br2NO4S/c1-21-12-5-3-10(14(8-12)22-2)9-18-23(19,20)15-7-11(16)4-6-13(15)17/h3-8,18H,9H2,1-2H3. The molecule has 0 saturated heterocycles. The third kappa shape index (κ3) is 4.47. The van der Waals surface area contributed by atoms with Crippen LogP contribution in [0.5, 0.6) is 11.5 Å². The number of hydrogen-bond donors (Lipinski definition) is 1. The number of nitrogens with one attached hydrogen (secondary N) is 1. The van der Waals surface area contributed by atoms with Gasteiger partial charge in [0.2, 0.25) is 10.0 Å². The molecule has 0 saturated carbocycles. The van der Waals surface area contributed by atoms with E-state index in [-0.39, 0.29) is 11.4 Å². The summed E-state index contributed by atoms with van der Waals surface area (Å²) in [6, 6.07) is 10.2. The number of sulfonamides is 1. The second-order valence-corrected chi connectivity index (χ2v) is 8.08. The zero-order chi connectivity index (χ0) is 17.0. The molecule has 0 aliphatic heterocycles. The molecule has 2 aromatic carbocycles. The molecule has 5 nitrogen and oxygen atoms in total. The predicted molar refractivity (Wildman–Crippen MR) is 95.4 cm³/mol. The van der Waals surface area contributed by atoms with Crippen molar-refractivity contribution in [2.75, 3.05) is 14.2 Å². The normalized spacial score (nSPS) is 11.3. The van der Waals surface area contributed by atoms with Gasteiger partial charge in [-0.2, -0.15) is 0 Å². The molecule has 0 amide bonds. The Bertz CT molecular complexity index is 809. The van der Waals surface area contributed by atoms with Gasteiger partial charge in [-0.25, -0.2) is 13.1 Å². The zero-order valence-electron chi connectivity index (χ0n) is 12.5. The summed E-state index contributed by atoms with van der Waals surface area (Å²) in [5.74, 6) is 1.20. The summed E-state index contributed by atoms with van der Waals surface area (Å²) in [7, 11) is -0.583. The Morgan fingerprint density at radius 1 is 1.04 bits per heavy atom. The molecule has 0 unspecified atom stereocenters. The van der Waals surface area contributed by atoms with Gasteiger partial charge >= 0.3 is 0 Å². The number of ether oxygens (including phenoxy) is 2. The second-order valence-electron chi connectivity index (χ2n) is 4.58. The smallest absolute Gasteiger partial charge is 0.242 e. The highest BCUT2D eigenvalue weighted by Crippen LogP contribution is 2.27. The molecule has 0 aliphatic rings. The van der Waals surface area contributed by atoms with Gasteiger partial charge in [0.1, 0.15) is 11.5 Å². The lowest BCUT2D eigenvalue weighted by molar-refractivity contribution is 0.390. The SMILES string of the molecule is COc1ccc(CNS(=O)(=O)c2cc(Br)ccc2Br)c(OC)c1. The van der Waals surface area contributed by atoms with E-state index in [1.807, 2.05) is 0 Å². The Morgan fingerprint density at radius 2 is 1.78 bits per heavy atom. The lowest BCUT2D eigenvalue weighted by Gasteiger charge is -2.12. The zero-order valence-corrected chi connectivity index (χ0v) is 16.5. The van der Waals surface area contributed by atoms with Crippen molar-refractivity contribution in [1.82, 2.24) is 4.72 Å².